The van der Waals surface area contributed by atoms with Gasteiger partial charge in [0.2, 0.25) is 0 Å². The predicted molar refractivity (Wildman–Crippen MR) is 118 cm³/mol. The molecule has 4 nitrogen and oxygen atoms in total. The topological polar surface area (TPSA) is 47.9 Å². The summed E-state index contributed by atoms with van der Waals surface area (Å²) in [6.07, 6.45) is 1.90. The van der Waals surface area contributed by atoms with Crippen molar-refractivity contribution < 1.29 is 18.4 Å². The van der Waals surface area contributed by atoms with Crippen LogP contribution in [0.1, 0.15) is 57.7 Å². The molecule has 0 amide bonds. The lowest BCUT2D eigenvalue weighted by Crippen LogP contribution is -2.42. The molecule has 1 N–H and O–H groups in total. The molecule has 0 aliphatic rings. The van der Waals surface area contributed by atoms with Gasteiger partial charge < -0.3 is 18.4 Å². The van der Waals surface area contributed by atoms with E-state index in [4.69, 9.17) is 13.3 Å². The highest BCUT2D eigenvalue weighted by Crippen LogP contribution is 2.36. The Morgan fingerprint density at radius 3 is 2.15 bits per heavy atom. The Kier molecular flexibility index (Phi) is 9.86. The van der Waals surface area contributed by atoms with Crippen LogP contribution in [0, 0.1) is 5.92 Å². The standard InChI is InChI=1S/C21H38O4SSi/c1-16(2)12-18-13-17(14-19(20(18)22)21(3,4)5)15-26-10-9-11-27(23-6,24-7)25-8/h13-14,16,22H,9-12,15H2,1-8H3. The van der Waals surface area contributed by atoms with Gasteiger partial charge in [0.1, 0.15) is 5.75 Å². The number of rotatable bonds is 11. The fourth-order valence-electron chi connectivity index (χ4n) is 3.15. The Morgan fingerprint density at radius 2 is 1.67 bits per heavy atom. The summed E-state index contributed by atoms with van der Waals surface area (Å²) in [5.41, 5.74) is 3.32. The van der Waals surface area contributed by atoms with E-state index in [1.54, 1.807) is 21.3 Å². The first-order chi connectivity index (χ1) is 12.6. The van der Waals surface area contributed by atoms with Gasteiger partial charge in [-0.1, -0.05) is 46.8 Å². The quantitative estimate of drug-likeness (QED) is 0.388. The van der Waals surface area contributed by atoms with Gasteiger partial charge in [-0.25, -0.2) is 0 Å². The van der Waals surface area contributed by atoms with E-state index in [-0.39, 0.29) is 5.41 Å². The van der Waals surface area contributed by atoms with Gasteiger partial charge in [-0.3, -0.25) is 0 Å². The molecule has 1 rings (SSSR count). The van der Waals surface area contributed by atoms with Gasteiger partial charge in [0.05, 0.1) is 0 Å². The monoisotopic (exact) mass is 414 g/mol. The van der Waals surface area contributed by atoms with Gasteiger partial charge in [-0.2, -0.15) is 11.8 Å². The number of aromatic hydroxyl groups is 1. The molecule has 1 aromatic rings. The van der Waals surface area contributed by atoms with Crippen LogP contribution in [0.3, 0.4) is 0 Å². The van der Waals surface area contributed by atoms with Gasteiger partial charge in [-0.15, -0.1) is 0 Å². The molecule has 0 saturated heterocycles. The van der Waals surface area contributed by atoms with Crippen LogP contribution in [0.25, 0.3) is 0 Å². The fraction of sp³-hybridized carbons (Fsp3) is 0.714. The highest BCUT2D eigenvalue weighted by atomic mass is 32.2. The van der Waals surface area contributed by atoms with Crippen molar-refractivity contribution in [2.45, 2.75) is 64.7 Å². The minimum atomic E-state index is -2.46. The zero-order chi connectivity index (χ0) is 20.7. The highest BCUT2D eigenvalue weighted by molar-refractivity contribution is 7.98. The molecule has 27 heavy (non-hydrogen) atoms. The van der Waals surface area contributed by atoms with Crippen LogP contribution in [-0.4, -0.2) is 41.0 Å². The Balaban J connectivity index is 2.77. The van der Waals surface area contributed by atoms with Gasteiger partial charge in [0, 0.05) is 33.1 Å². The second-order valence-electron chi connectivity index (χ2n) is 8.45. The highest BCUT2D eigenvalue weighted by Gasteiger charge is 2.36. The first kappa shape index (κ1) is 24.5. The Bertz CT molecular complexity index is 572. The minimum absolute atomic E-state index is 0.0723. The lowest BCUT2D eigenvalue weighted by atomic mass is 9.83. The summed E-state index contributed by atoms with van der Waals surface area (Å²) >= 11 is 1.91. The van der Waals surface area contributed by atoms with Crippen molar-refractivity contribution in [2.24, 2.45) is 5.92 Å². The summed E-state index contributed by atoms with van der Waals surface area (Å²) in [6, 6.07) is 5.17. The lowest BCUT2D eigenvalue weighted by Gasteiger charge is -2.24. The maximum atomic E-state index is 10.7. The fourth-order valence-corrected chi connectivity index (χ4v) is 6.02. The maximum absolute atomic E-state index is 10.7. The van der Waals surface area contributed by atoms with Gasteiger partial charge in [0.15, 0.2) is 0 Å². The average Bonchev–Trinajstić information content (AvgIpc) is 2.59. The van der Waals surface area contributed by atoms with Gasteiger partial charge in [0.25, 0.3) is 0 Å². The van der Waals surface area contributed by atoms with Crippen molar-refractivity contribution in [2.75, 3.05) is 27.1 Å². The van der Waals surface area contributed by atoms with Crippen molar-refractivity contribution in [1.82, 2.24) is 0 Å². The Labute approximate surface area is 171 Å². The number of phenolic OH excluding ortho intramolecular Hbond substituents is 1. The number of phenols is 1. The van der Waals surface area contributed by atoms with Gasteiger partial charge in [-0.05, 0) is 46.6 Å². The van der Waals surface area contributed by atoms with E-state index in [0.29, 0.717) is 11.7 Å². The maximum Gasteiger partial charge on any atom is 0.500 e. The summed E-state index contributed by atoms with van der Waals surface area (Å²) in [6.45, 7) is 10.8. The summed E-state index contributed by atoms with van der Waals surface area (Å²) in [5.74, 6) is 2.95. The van der Waals surface area contributed by atoms with E-state index in [2.05, 4.69) is 46.8 Å². The molecular formula is C21H38O4SSi. The molecule has 0 bridgehead atoms. The normalized spacial score (nSPS) is 12.8. The third-order valence-corrected chi connectivity index (χ3v) is 8.60. The predicted octanol–water partition coefficient (Wildman–Crippen LogP) is 5.39. The molecule has 0 spiro atoms. The van der Waals surface area contributed by atoms with E-state index in [9.17, 15) is 5.11 Å². The molecule has 0 aliphatic heterocycles. The average molecular weight is 415 g/mol. The second kappa shape index (κ2) is 10.9. The second-order valence-corrected chi connectivity index (χ2v) is 12.6. The molecule has 0 fully saturated rings. The molecule has 1 aromatic carbocycles. The van der Waals surface area contributed by atoms with E-state index in [1.807, 2.05) is 11.8 Å². The van der Waals surface area contributed by atoms with Crippen LogP contribution in [0.5, 0.6) is 5.75 Å². The number of hydrogen-bond donors (Lipinski definition) is 1. The van der Waals surface area contributed by atoms with E-state index in [1.165, 1.54) is 5.56 Å². The molecule has 0 radical (unpaired) electrons. The summed E-state index contributed by atoms with van der Waals surface area (Å²) in [7, 11) is 2.52. The molecule has 0 saturated carbocycles. The van der Waals surface area contributed by atoms with Crippen LogP contribution in [0.15, 0.2) is 12.1 Å². The summed E-state index contributed by atoms with van der Waals surface area (Å²) in [5, 5.41) is 10.7. The number of thioether (sulfide) groups is 1. The smallest absolute Gasteiger partial charge is 0.500 e. The molecule has 0 atom stereocenters. The lowest BCUT2D eigenvalue weighted by molar-refractivity contribution is 0.123. The molecule has 6 heteroatoms. The molecule has 0 aliphatic carbocycles. The SMILES string of the molecule is CO[Si](CCCSCc1cc(CC(C)C)c(O)c(C(C)(C)C)c1)(OC)OC. The first-order valence-electron chi connectivity index (χ1n) is 9.67. The van der Waals surface area contributed by atoms with Crippen LogP contribution in [0.4, 0.5) is 0 Å². The number of benzene rings is 1. The van der Waals surface area contributed by atoms with Crippen LogP contribution in [-0.2, 0) is 30.9 Å². The van der Waals surface area contributed by atoms with Crippen molar-refractivity contribution >= 4 is 20.6 Å². The van der Waals surface area contributed by atoms with E-state index in [0.717, 1.165) is 41.5 Å². The van der Waals surface area contributed by atoms with Crippen LogP contribution < -0.4 is 0 Å². The first-order valence-corrected chi connectivity index (χ1v) is 12.8. The van der Waals surface area contributed by atoms with E-state index < -0.39 is 8.80 Å². The van der Waals surface area contributed by atoms with Crippen molar-refractivity contribution in [3.63, 3.8) is 0 Å². The third-order valence-electron chi connectivity index (χ3n) is 4.66. The molecule has 156 valence electrons. The number of hydrogen-bond acceptors (Lipinski definition) is 5. The molecule has 0 heterocycles. The Morgan fingerprint density at radius 1 is 1.07 bits per heavy atom. The van der Waals surface area contributed by atoms with Crippen molar-refractivity contribution in [1.29, 1.82) is 0 Å². The van der Waals surface area contributed by atoms with Crippen molar-refractivity contribution in [3.8, 4) is 5.75 Å². The molecular weight excluding hydrogens is 376 g/mol. The third kappa shape index (κ3) is 7.42. The largest absolute Gasteiger partial charge is 0.507 e. The van der Waals surface area contributed by atoms with Crippen molar-refractivity contribution in [3.05, 3.63) is 28.8 Å². The zero-order valence-corrected chi connectivity index (χ0v) is 20.2. The molecule has 0 aromatic heterocycles. The van der Waals surface area contributed by atoms with E-state index >= 15 is 0 Å². The Hall–Kier alpha value is -0.533. The molecule has 0 unspecified atom stereocenters. The summed E-state index contributed by atoms with van der Waals surface area (Å²) < 4.78 is 16.4. The van der Waals surface area contributed by atoms with Crippen LogP contribution >= 0.6 is 11.8 Å². The van der Waals surface area contributed by atoms with Crippen LogP contribution in [0.2, 0.25) is 6.04 Å². The zero-order valence-electron chi connectivity index (χ0n) is 18.3. The summed E-state index contributed by atoms with van der Waals surface area (Å²) in [4.78, 5) is 0. The van der Waals surface area contributed by atoms with Gasteiger partial charge >= 0.3 is 8.80 Å². The minimum Gasteiger partial charge on any atom is -0.507 e.